The molecule has 0 saturated heterocycles. The number of aryl methyl sites for hydroxylation is 1. The molecule has 3 rings (SSSR count). The molecular weight excluding hydrogens is 196 g/mol. The van der Waals surface area contributed by atoms with E-state index in [2.05, 4.69) is 47.4 Å². The highest BCUT2D eigenvalue weighted by Crippen LogP contribution is 2.22. The molecule has 0 radical (unpaired) electrons. The largest absolute Gasteiger partial charge is 0.334 e. The van der Waals surface area contributed by atoms with Gasteiger partial charge in [-0.05, 0) is 16.8 Å². The third kappa shape index (κ3) is 1.39. The maximum absolute atomic E-state index is 4.36. The average Bonchev–Trinajstić information content (AvgIpc) is 2.75. The van der Waals surface area contributed by atoms with Crippen LogP contribution in [0.4, 0.5) is 0 Å². The summed E-state index contributed by atoms with van der Waals surface area (Å²) < 4.78 is 2.03. The van der Waals surface area contributed by atoms with Gasteiger partial charge in [0.15, 0.2) is 0 Å². The molecule has 2 nitrogen and oxygen atoms in total. The number of aromatic nitrogens is 2. The zero-order valence-corrected chi connectivity index (χ0v) is 9.09. The third-order valence-corrected chi connectivity index (χ3v) is 2.83. The molecule has 2 aromatic carbocycles. The second kappa shape index (κ2) is 3.49. The van der Waals surface area contributed by atoms with E-state index < -0.39 is 0 Å². The van der Waals surface area contributed by atoms with Gasteiger partial charge >= 0.3 is 0 Å². The molecule has 0 aliphatic carbocycles. The van der Waals surface area contributed by atoms with E-state index in [1.54, 1.807) is 0 Å². The standard InChI is InChI=1S/C14H12N2/c1-16-9-8-15-14(16)13-7-6-11-4-2-3-5-12(11)10-13/h2-10H,1H3. The Hall–Kier alpha value is -2.09. The molecule has 2 heteroatoms. The molecule has 0 fully saturated rings. The lowest BCUT2D eigenvalue weighted by atomic mass is 10.1. The summed E-state index contributed by atoms with van der Waals surface area (Å²) in [6, 6.07) is 14.8. The van der Waals surface area contributed by atoms with Gasteiger partial charge in [0, 0.05) is 25.0 Å². The maximum Gasteiger partial charge on any atom is 0.139 e. The Morgan fingerprint density at radius 2 is 1.81 bits per heavy atom. The van der Waals surface area contributed by atoms with Gasteiger partial charge < -0.3 is 4.57 Å². The van der Waals surface area contributed by atoms with Gasteiger partial charge in [0.2, 0.25) is 0 Å². The van der Waals surface area contributed by atoms with E-state index in [0.717, 1.165) is 11.4 Å². The summed E-state index contributed by atoms with van der Waals surface area (Å²) in [4.78, 5) is 4.36. The Kier molecular flexibility index (Phi) is 2.00. The Labute approximate surface area is 94.2 Å². The molecule has 1 heterocycles. The first-order valence-electron chi connectivity index (χ1n) is 5.31. The van der Waals surface area contributed by atoms with Gasteiger partial charge in [-0.2, -0.15) is 0 Å². The predicted molar refractivity (Wildman–Crippen MR) is 66.2 cm³/mol. The quantitative estimate of drug-likeness (QED) is 0.600. The van der Waals surface area contributed by atoms with Crippen LogP contribution in [0.3, 0.4) is 0 Å². The Morgan fingerprint density at radius 3 is 2.56 bits per heavy atom. The van der Waals surface area contributed by atoms with Crippen molar-refractivity contribution in [2.45, 2.75) is 0 Å². The summed E-state index contributed by atoms with van der Waals surface area (Å²) in [5.74, 6) is 1.01. The minimum atomic E-state index is 1.01. The number of fused-ring (bicyclic) bond motifs is 1. The topological polar surface area (TPSA) is 17.8 Å². The van der Waals surface area contributed by atoms with Crippen molar-refractivity contribution < 1.29 is 0 Å². The van der Waals surface area contributed by atoms with Crippen molar-refractivity contribution in [1.29, 1.82) is 0 Å². The lowest BCUT2D eigenvalue weighted by Gasteiger charge is -2.03. The van der Waals surface area contributed by atoms with Crippen molar-refractivity contribution in [2.75, 3.05) is 0 Å². The van der Waals surface area contributed by atoms with E-state index in [4.69, 9.17) is 0 Å². The molecule has 1 aromatic heterocycles. The fourth-order valence-corrected chi connectivity index (χ4v) is 1.97. The SMILES string of the molecule is Cn1ccnc1-c1ccc2ccccc2c1. The maximum atomic E-state index is 4.36. The fourth-order valence-electron chi connectivity index (χ4n) is 1.97. The van der Waals surface area contributed by atoms with Crippen LogP contribution >= 0.6 is 0 Å². The van der Waals surface area contributed by atoms with Crippen LogP contribution in [0.25, 0.3) is 22.2 Å². The van der Waals surface area contributed by atoms with Crippen LogP contribution in [0.2, 0.25) is 0 Å². The second-order valence-corrected chi connectivity index (χ2v) is 3.92. The highest BCUT2D eigenvalue weighted by Gasteiger charge is 2.03. The molecule has 0 bridgehead atoms. The third-order valence-electron chi connectivity index (χ3n) is 2.83. The molecule has 0 spiro atoms. The van der Waals surface area contributed by atoms with Crippen LogP contribution in [-0.4, -0.2) is 9.55 Å². The summed E-state index contributed by atoms with van der Waals surface area (Å²) in [5.41, 5.74) is 1.16. The Morgan fingerprint density at radius 1 is 1.00 bits per heavy atom. The molecule has 0 aliphatic rings. The molecule has 0 aliphatic heterocycles. The van der Waals surface area contributed by atoms with E-state index in [0.29, 0.717) is 0 Å². The molecule has 0 saturated carbocycles. The van der Waals surface area contributed by atoms with Gasteiger partial charge in [0.25, 0.3) is 0 Å². The van der Waals surface area contributed by atoms with Crippen molar-refractivity contribution in [1.82, 2.24) is 9.55 Å². The monoisotopic (exact) mass is 208 g/mol. The molecule has 78 valence electrons. The predicted octanol–water partition coefficient (Wildman–Crippen LogP) is 3.24. The van der Waals surface area contributed by atoms with Crippen LogP contribution in [0.5, 0.6) is 0 Å². The van der Waals surface area contributed by atoms with Gasteiger partial charge in [-0.1, -0.05) is 36.4 Å². The number of benzene rings is 2. The van der Waals surface area contributed by atoms with Crippen LogP contribution in [0.1, 0.15) is 0 Å². The second-order valence-electron chi connectivity index (χ2n) is 3.92. The van der Waals surface area contributed by atoms with E-state index in [-0.39, 0.29) is 0 Å². The van der Waals surface area contributed by atoms with Crippen molar-refractivity contribution in [3.8, 4) is 11.4 Å². The first-order chi connectivity index (χ1) is 7.84. The number of nitrogens with zero attached hydrogens (tertiary/aromatic N) is 2. The van der Waals surface area contributed by atoms with E-state index >= 15 is 0 Å². The van der Waals surface area contributed by atoms with Crippen LogP contribution < -0.4 is 0 Å². The first kappa shape index (κ1) is 9.16. The van der Waals surface area contributed by atoms with E-state index in [1.165, 1.54) is 10.8 Å². The normalized spacial score (nSPS) is 10.8. The summed E-state index contributed by atoms with van der Waals surface area (Å²) in [6.07, 6.45) is 3.79. The van der Waals surface area contributed by atoms with Crippen molar-refractivity contribution in [2.24, 2.45) is 7.05 Å². The van der Waals surface area contributed by atoms with Crippen molar-refractivity contribution in [3.63, 3.8) is 0 Å². The first-order valence-corrected chi connectivity index (χ1v) is 5.31. The minimum absolute atomic E-state index is 1.01. The van der Waals surface area contributed by atoms with Crippen LogP contribution in [0.15, 0.2) is 54.9 Å². The molecule has 3 aromatic rings. The zero-order chi connectivity index (χ0) is 11.0. The van der Waals surface area contributed by atoms with Crippen LogP contribution in [0, 0.1) is 0 Å². The van der Waals surface area contributed by atoms with Crippen molar-refractivity contribution >= 4 is 10.8 Å². The Bertz CT molecular complexity index is 638. The molecular formula is C14H12N2. The smallest absolute Gasteiger partial charge is 0.139 e. The van der Waals surface area contributed by atoms with Gasteiger partial charge in [-0.25, -0.2) is 4.98 Å². The number of rotatable bonds is 1. The number of imidazole rings is 1. The van der Waals surface area contributed by atoms with Gasteiger partial charge in [0.05, 0.1) is 0 Å². The lowest BCUT2D eigenvalue weighted by molar-refractivity contribution is 0.925. The molecule has 0 N–H and O–H groups in total. The zero-order valence-electron chi connectivity index (χ0n) is 9.09. The van der Waals surface area contributed by atoms with Gasteiger partial charge in [0.1, 0.15) is 5.82 Å². The van der Waals surface area contributed by atoms with E-state index in [9.17, 15) is 0 Å². The molecule has 16 heavy (non-hydrogen) atoms. The summed E-state index contributed by atoms with van der Waals surface area (Å²) in [6.45, 7) is 0. The van der Waals surface area contributed by atoms with Gasteiger partial charge in [-0.15, -0.1) is 0 Å². The number of hydrogen-bond donors (Lipinski definition) is 0. The number of hydrogen-bond acceptors (Lipinski definition) is 1. The average molecular weight is 208 g/mol. The summed E-state index contributed by atoms with van der Waals surface area (Å²) >= 11 is 0. The van der Waals surface area contributed by atoms with E-state index in [1.807, 2.05) is 24.0 Å². The molecule has 0 atom stereocenters. The lowest BCUT2D eigenvalue weighted by Crippen LogP contribution is -1.90. The highest BCUT2D eigenvalue weighted by atomic mass is 15.0. The minimum Gasteiger partial charge on any atom is -0.334 e. The summed E-state index contributed by atoms with van der Waals surface area (Å²) in [7, 11) is 2.01. The Balaban J connectivity index is 2.23. The highest BCUT2D eigenvalue weighted by molar-refractivity contribution is 5.86. The molecule has 0 unspecified atom stereocenters. The summed E-state index contributed by atoms with van der Waals surface area (Å²) in [5, 5.41) is 2.52. The van der Waals surface area contributed by atoms with Crippen LogP contribution in [-0.2, 0) is 7.05 Å². The molecule has 0 amide bonds. The van der Waals surface area contributed by atoms with Crippen molar-refractivity contribution in [3.05, 3.63) is 54.9 Å². The van der Waals surface area contributed by atoms with Gasteiger partial charge in [-0.3, -0.25) is 0 Å². The fraction of sp³-hybridized carbons (Fsp3) is 0.0714.